The summed E-state index contributed by atoms with van der Waals surface area (Å²) in [6.45, 7) is 2.86. The van der Waals surface area contributed by atoms with E-state index in [0.717, 1.165) is 55.1 Å². The minimum absolute atomic E-state index is 0.0750. The molecule has 0 unspecified atom stereocenters. The van der Waals surface area contributed by atoms with E-state index in [4.69, 9.17) is 21.3 Å². The number of piperidine rings is 1. The first-order valence-electron chi connectivity index (χ1n) is 11.8. The second kappa shape index (κ2) is 9.79. The van der Waals surface area contributed by atoms with E-state index in [-0.39, 0.29) is 17.5 Å². The van der Waals surface area contributed by atoms with Crippen LogP contribution in [0.1, 0.15) is 42.0 Å². The van der Waals surface area contributed by atoms with Crippen LogP contribution in [0, 0.1) is 0 Å². The van der Waals surface area contributed by atoms with Crippen LogP contribution >= 0.6 is 11.6 Å². The van der Waals surface area contributed by atoms with E-state index in [0.29, 0.717) is 11.4 Å². The highest BCUT2D eigenvalue weighted by Gasteiger charge is 2.40. The number of aromatic hydroxyl groups is 1. The number of ether oxygens (including phenoxy) is 1. The number of nitrogens with one attached hydrogen (secondary N) is 1. The fourth-order valence-electron chi connectivity index (χ4n) is 5.04. The molecule has 0 aliphatic carbocycles. The van der Waals surface area contributed by atoms with Crippen LogP contribution in [0.25, 0.3) is 0 Å². The van der Waals surface area contributed by atoms with Gasteiger partial charge in [0, 0.05) is 48.4 Å². The van der Waals surface area contributed by atoms with Gasteiger partial charge in [-0.25, -0.2) is 0 Å². The Morgan fingerprint density at radius 3 is 2.50 bits per heavy atom. The largest absolute Gasteiger partial charge is 0.508 e. The number of hydrogen-bond acceptors (Lipinski definition) is 5. The van der Waals surface area contributed by atoms with Gasteiger partial charge in [0.05, 0.1) is 7.11 Å². The van der Waals surface area contributed by atoms with E-state index >= 15 is 0 Å². The predicted octanol–water partition coefficient (Wildman–Crippen LogP) is 5.57. The quantitative estimate of drug-likeness (QED) is 0.506. The summed E-state index contributed by atoms with van der Waals surface area (Å²) < 4.78 is 5.34. The number of nitrogens with zero attached hydrogens (tertiary/aromatic N) is 2. The Hall–Kier alpha value is -2.86. The zero-order valence-corrected chi connectivity index (χ0v) is 20.1. The smallest absolute Gasteiger partial charge is 0.120 e. The van der Waals surface area contributed by atoms with Crippen molar-refractivity contribution in [3.05, 3.63) is 94.5 Å². The Balaban J connectivity index is 1.43. The van der Waals surface area contributed by atoms with Crippen molar-refractivity contribution in [3.63, 3.8) is 0 Å². The van der Waals surface area contributed by atoms with Crippen LogP contribution in [0.3, 0.4) is 0 Å². The fourth-order valence-corrected chi connectivity index (χ4v) is 5.22. The molecule has 34 heavy (non-hydrogen) atoms. The van der Waals surface area contributed by atoms with Gasteiger partial charge in [-0.2, -0.15) is 0 Å². The standard InChI is InChI=1S/C28H30ClN3O2/c1-34-23-10-7-21(8-11-23)25-18-26(24-17-22(29)9-12-27(24)33)31-28(30-25)13-15-32(16-14-28)19-20-5-3-2-4-6-20/h2-12,17,26,31,33H,13-16,18-19H2,1H3/t26-/m0/s1. The van der Waals surface area contributed by atoms with E-state index < -0.39 is 0 Å². The van der Waals surface area contributed by atoms with Crippen molar-refractivity contribution in [1.82, 2.24) is 10.2 Å². The first-order chi connectivity index (χ1) is 16.5. The van der Waals surface area contributed by atoms with E-state index in [1.165, 1.54) is 5.56 Å². The molecule has 3 aromatic rings. The lowest BCUT2D eigenvalue weighted by atomic mass is 9.87. The number of likely N-dealkylation sites (tertiary alicyclic amines) is 1. The van der Waals surface area contributed by atoms with Crippen LogP contribution in [-0.4, -0.2) is 41.6 Å². The van der Waals surface area contributed by atoms with Gasteiger partial charge in [0.15, 0.2) is 0 Å². The molecule has 2 aliphatic rings. The number of rotatable bonds is 5. The predicted molar refractivity (Wildman–Crippen MR) is 137 cm³/mol. The Morgan fingerprint density at radius 1 is 1.06 bits per heavy atom. The van der Waals surface area contributed by atoms with Gasteiger partial charge in [0.2, 0.25) is 0 Å². The van der Waals surface area contributed by atoms with Crippen LogP contribution < -0.4 is 10.1 Å². The number of methoxy groups -OCH3 is 1. The van der Waals surface area contributed by atoms with Gasteiger partial charge in [0.1, 0.15) is 17.2 Å². The maximum absolute atomic E-state index is 10.6. The van der Waals surface area contributed by atoms with Crippen molar-refractivity contribution in [1.29, 1.82) is 0 Å². The lowest BCUT2D eigenvalue weighted by molar-refractivity contribution is 0.120. The first kappa shape index (κ1) is 22.9. The van der Waals surface area contributed by atoms with Gasteiger partial charge in [-0.05, 0) is 66.4 Å². The lowest BCUT2D eigenvalue weighted by Crippen LogP contribution is -2.55. The molecule has 1 atom stereocenters. The molecule has 6 heteroatoms. The van der Waals surface area contributed by atoms with Gasteiger partial charge in [0.25, 0.3) is 0 Å². The summed E-state index contributed by atoms with van der Waals surface area (Å²) in [6.07, 6.45) is 2.48. The summed E-state index contributed by atoms with van der Waals surface area (Å²) in [5.74, 6) is 1.08. The molecule has 1 fully saturated rings. The van der Waals surface area contributed by atoms with E-state index in [1.807, 2.05) is 18.2 Å². The average Bonchev–Trinajstić information content (AvgIpc) is 2.87. The number of benzene rings is 3. The summed E-state index contributed by atoms with van der Waals surface area (Å²) in [6, 6.07) is 23.9. The van der Waals surface area contributed by atoms with Crippen molar-refractivity contribution >= 4 is 17.3 Å². The molecule has 2 N–H and O–H groups in total. The summed E-state index contributed by atoms with van der Waals surface area (Å²) in [5.41, 5.74) is 3.90. The highest BCUT2D eigenvalue weighted by Crippen LogP contribution is 2.38. The SMILES string of the molecule is COc1ccc(C2=NC3(CCN(Cc4ccccc4)CC3)N[C@H](c3cc(Cl)ccc3O)C2)cc1. The number of halogens is 1. The fraction of sp³-hybridized carbons (Fsp3) is 0.321. The van der Waals surface area contributed by atoms with E-state index in [1.54, 1.807) is 19.2 Å². The molecule has 1 spiro atoms. The third-order valence-electron chi connectivity index (χ3n) is 6.91. The molecule has 0 aromatic heterocycles. The van der Waals surface area contributed by atoms with Crippen LogP contribution in [0.15, 0.2) is 77.8 Å². The minimum Gasteiger partial charge on any atom is -0.508 e. The normalized spacial score (nSPS) is 20.2. The van der Waals surface area contributed by atoms with Crippen LogP contribution in [-0.2, 0) is 6.54 Å². The molecule has 2 aliphatic heterocycles. The minimum atomic E-state index is -0.375. The Labute approximate surface area is 206 Å². The summed E-state index contributed by atoms with van der Waals surface area (Å²) in [5, 5.41) is 15.1. The van der Waals surface area contributed by atoms with Crippen molar-refractivity contribution < 1.29 is 9.84 Å². The second-order valence-electron chi connectivity index (χ2n) is 9.18. The summed E-state index contributed by atoms with van der Waals surface area (Å²) >= 11 is 6.31. The average molecular weight is 476 g/mol. The molecule has 0 saturated carbocycles. The molecule has 0 radical (unpaired) electrons. The topological polar surface area (TPSA) is 57.1 Å². The van der Waals surface area contributed by atoms with Crippen molar-refractivity contribution in [3.8, 4) is 11.5 Å². The third-order valence-corrected chi connectivity index (χ3v) is 7.14. The van der Waals surface area contributed by atoms with Gasteiger partial charge in [-0.3, -0.25) is 15.2 Å². The highest BCUT2D eigenvalue weighted by atomic mass is 35.5. The van der Waals surface area contributed by atoms with Crippen LogP contribution in [0.2, 0.25) is 5.02 Å². The maximum atomic E-state index is 10.6. The van der Waals surface area contributed by atoms with Crippen LogP contribution in [0.5, 0.6) is 11.5 Å². The Bertz CT molecular complexity index is 1160. The zero-order valence-electron chi connectivity index (χ0n) is 19.4. The molecule has 1 saturated heterocycles. The van der Waals surface area contributed by atoms with Gasteiger partial charge in [-0.1, -0.05) is 41.9 Å². The summed E-state index contributed by atoms with van der Waals surface area (Å²) in [7, 11) is 1.67. The molecule has 2 heterocycles. The third kappa shape index (κ3) is 4.97. The number of hydrogen-bond donors (Lipinski definition) is 2. The van der Waals surface area contributed by atoms with Gasteiger partial charge >= 0.3 is 0 Å². The molecule has 5 rings (SSSR count). The molecular formula is C28H30ClN3O2. The number of phenolic OH excluding ortho intramolecular Hbond substituents is 1. The molecule has 0 bridgehead atoms. The molecule has 0 amide bonds. The van der Waals surface area contributed by atoms with Crippen molar-refractivity contribution in [2.75, 3.05) is 20.2 Å². The molecular weight excluding hydrogens is 446 g/mol. The summed E-state index contributed by atoms with van der Waals surface area (Å²) in [4.78, 5) is 7.78. The van der Waals surface area contributed by atoms with Crippen molar-refractivity contribution in [2.24, 2.45) is 4.99 Å². The highest BCUT2D eigenvalue weighted by molar-refractivity contribution is 6.30. The molecule has 5 nitrogen and oxygen atoms in total. The number of aliphatic imine (C=N–C) groups is 1. The van der Waals surface area contributed by atoms with E-state index in [2.05, 4.69) is 52.7 Å². The van der Waals surface area contributed by atoms with Crippen LogP contribution in [0.4, 0.5) is 0 Å². The van der Waals surface area contributed by atoms with Gasteiger partial charge < -0.3 is 9.84 Å². The first-order valence-corrected chi connectivity index (χ1v) is 12.2. The monoisotopic (exact) mass is 475 g/mol. The Morgan fingerprint density at radius 2 is 1.79 bits per heavy atom. The zero-order chi connectivity index (χ0) is 23.5. The van der Waals surface area contributed by atoms with Crippen molar-refractivity contribution in [2.45, 2.75) is 37.5 Å². The van der Waals surface area contributed by atoms with Gasteiger partial charge in [-0.15, -0.1) is 0 Å². The lowest BCUT2D eigenvalue weighted by Gasteiger charge is -2.45. The van der Waals surface area contributed by atoms with E-state index in [9.17, 15) is 5.11 Å². The number of phenols is 1. The molecule has 3 aromatic carbocycles. The maximum Gasteiger partial charge on any atom is 0.120 e. The molecule has 176 valence electrons. The second-order valence-corrected chi connectivity index (χ2v) is 9.62. The Kier molecular flexibility index (Phi) is 6.59.